The Morgan fingerprint density at radius 2 is 2.00 bits per heavy atom. The Hall–Kier alpha value is -1.55. The van der Waals surface area contributed by atoms with E-state index >= 15 is 0 Å². The maximum Gasteiger partial charge on any atom is 0.160 e. The summed E-state index contributed by atoms with van der Waals surface area (Å²) >= 11 is 0. The van der Waals surface area contributed by atoms with Gasteiger partial charge in [0.15, 0.2) is 11.5 Å². The molecule has 0 bridgehead atoms. The molecule has 3 rings (SSSR count). The number of Topliss-reactive ketones (excluding diaryl/α,β-unsaturated/α-hetero) is 1. The number of aliphatic hydroxyl groups is 1. The van der Waals surface area contributed by atoms with E-state index in [1.807, 2.05) is 6.92 Å². The van der Waals surface area contributed by atoms with Gasteiger partial charge >= 0.3 is 0 Å². The Morgan fingerprint density at radius 1 is 1.26 bits per heavy atom. The van der Waals surface area contributed by atoms with Gasteiger partial charge in [-0.3, -0.25) is 4.79 Å². The van der Waals surface area contributed by atoms with Crippen molar-refractivity contribution in [3.8, 4) is 11.5 Å². The van der Waals surface area contributed by atoms with Crippen LogP contribution in [0, 0.1) is 24.2 Å². The summed E-state index contributed by atoms with van der Waals surface area (Å²) in [7, 11) is 0. The highest BCUT2D eigenvalue weighted by Gasteiger charge is 2.53. The van der Waals surface area contributed by atoms with Crippen molar-refractivity contribution in [1.29, 1.82) is 0 Å². The SMILES string of the molecule is Cc1ccc(O)c(O)c1CC[C@@H]1C(=O)CC[C@]2(C)[C@@H](O)CC[C@@H]12. The largest absolute Gasteiger partial charge is 0.504 e. The molecule has 4 atom stereocenters. The van der Waals surface area contributed by atoms with Crippen LogP contribution in [0.1, 0.15) is 50.2 Å². The van der Waals surface area contributed by atoms with Gasteiger partial charge in [-0.2, -0.15) is 0 Å². The van der Waals surface area contributed by atoms with Crippen molar-refractivity contribution in [2.75, 3.05) is 0 Å². The summed E-state index contributed by atoms with van der Waals surface area (Å²) in [5.74, 6) is 0.300. The minimum atomic E-state index is -0.306. The van der Waals surface area contributed by atoms with Crippen molar-refractivity contribution in [3.63, 3.8) is 0 Å². The number of carbonyl (C=O) groups is 1. The third-order valence-corrected chi connectivity index (χ3v) is 6.37. The van der Waals surface area contributed by atoms with Crippen LogP contribution in [0.15, 0.2) is 12.1 Å². The summed E-state index contributed by atoms with van der Waals surface area (Å²) in [5, 5.41) is 30.1. The van der Waals surface area contributed by atoms with Gasteiger partial charge in [0.05, 0.1) is 6.10 Å². The Bertz CT molecular complexity index is 624. The third-order valence-electron chi connectivity index (χ3n) is 6.37. The molecule has 23 heavy (non-hydrogen) atoms. The highest BCUT2D eigenvalue weighted by molar-refractivity contribution is 5.82. The number of carbonyl (C=O) groups excluding carboxylic acids is 1. The molecule has 0 saturated heterocycles. The maximum absolute atomic E-state index is 12.5. The predicted octanol–water partition coefficient (Wildman–Crippen LogP) is 3.10. The van der Waals surface area contributed by atoms with Crippen LogP contribution in [0.4, 0.5) is 0 Å². The predicted molar refractivity (Wildman–Crippen MR) is 87.4 cm³/mol. The van der Waals surface area contributed by atoms with Gasteiger partial charge in [-0.25, -0.2) is 0 Å². The smallest absolute Gasteiger partial charge is 0.160 e. The highest BCUT2D eigenvalue weighted by atomic mass is 16.3. The zero-order chi connectivity index (χ0) is 16.8. The second-order valence-corrected chi connectivity index (χ2v) is 7.55. The van der Waals surface area contributed by atoms with Gasteiger partial charge in [0.25, 0.3) is 0 Å². The van der Waals surface area contributed by atoms with Crippen molar-refractivity contribution in [2.24, 2.45) is 17.3 Å². The number of fused-ring (bicyclic) bond motifs is 1. The van der Waals surface area contributed by atoms with Crippen LogP contribution in [0.2, 0.25) is 0 Å². The quantitative estimate of drug-likeness (QED) is 0.748. The minimum Gasteiger partial charge on any atom is -0.504 e. The second kappa shape index (κ2) is 5.82. The van der Waals surface area contributed by atoms with Crippen LogP contribution in [0.3, 0.4) is 0 Å². The summed E-state index contributed by atoms with van der Waals surface area (Å²) in [5.41, 5.74) is 1.51. The monoisotopic (exact) mass is 318 g/mol. The standard InChI is InChI=1S/C19H26O4/c1-11-3-7-16(21)18(23)12(11)4-5-13-14-6-8-17(22)19(14,2)10-9-15(13)20/h3,7,13-14,17,21-23H,4-6,8-10H2,1-2H3/t13-,14-,17-,19-/m0/s1. The average molecular weight is 318 g/mol. The molecule has 0 radical (unpaired) electrons. The fourth-order valence-electron chi connectivity index (χ4n) is 4.76. The molecule has 1 aromatic carbocycles. The molecule has 4 nitrogen and oxygen atoms in total. The molecule has 2 aliphatic rings. The lowest BCUT2D eigenvalue weighted by Crippen LogP contribution is -2.43. The number of phenols is 2. The van der Waals surface area contributed by atoms with Crippen LogP contribution in [-0.2, 0) is 11.2 Å². The van der Waals surface area contributed by atoms with Gasteiger partial charge in [0.1, 0.15) is 5.78 Å². The Morgan fingerprint density at radius 3 is 2.74 bits per heavy atom. The minimum absolute atomic E-state index is 0.0490. The fraction of sp³-hybridized carbons (Fsp3) is 0.632. The lowest BCUT2D eigenvalue weighted by molar-refractivity contribution is -0.133. The molecule has 2 saturated carbocycles. The average Bonchev–Trinajstić information content (AvgIpc) is 2.82. The molecule has 126 valence electrons. The number of aryl methyl sites for hydroxylation is 1. The van der Waals surface area contributed by atoms with Crippen molar-refractivity contribution in [2.45, 2.75) is 58.5 Å². The molecule has 0 unspecified atom stereocenters. The van der Waals surface area contributed by atoms with Crippen LogP contribution in [0.25, 0.3) is 0 Å². The number of rotatable bonds is 3. The number of benzene rings is 1. The van der Waals surface area contributed by atoms with Crippen molar-refractivity contribution in [1.82, 2.24) is 0 Å². The van der Waals surface area contributed by atoms with E-state index in [4.69, 9.17) is 0 Å². The Kier molecular flexibility index (Phi) is 4.13. The van der Waals surface area contributed by atoms with Crippen molar-refractivity contribution < 1.29 is 20.1 Å². The van der Waals surface area contributed by atoms with E-state index in [9.17, 15) is 20.1 Å². The van der Waals surface area contributed by atoms with E-state index in [2.05, 4.69) is 6.92 Å². The number of hydrogen-bond donors (Lipinski definition) is 3. The second-order valence-electron chi connectivity index (χ2n) is 7.55. The number of ketones is 1. The van der Waals surface area contributed by atoms with Gasteiger partial charge in [-0.15, -0.1) is 0 Å². The third kappa shape index (κ3) is 2.63. The van der Waals surface area contributed by atoms with Crippen molar-refractivity contribution in [3.05, 3.63) is 23.3 Å². The first-order valence-corrected chi connectivity index (χ1v) is 8.55. The van der Waals surface area contributed by atoms with Crippen LogP contribution >= 0.6 is 0 Å². The molecule has 2 aliphatic carbocycles. The molecule has 2 fully saturated rings. The van der Waals surface area contributed by atoms with Gasteiger partial charge < -0.3 is 15.3 Å². The normalized spacial score (nSPS) is 33.7. The molecular weight excluding hydrogens is 292 g/mol. The van der Waals surface area contributed by atoms with Gasteiger partial charge in [-0.1, -0.05) is 13.0 Å². The Balaban J connectivity index is 1.80. The molecule has 3 N–H and O–H groups in total. The number of phenolic OH excluding ortho intramolecular Hbond substituents is 2. The van der Waals surface area contributed by atoms with E-state index in [1.54, 1.807) is 6.07 Å². The molecule has 0 heterocycles. The summed E-state index contributed by atoms with van der Waals surface area (Å²) in [4.78, 5) is 12.5. The van der Waals surface area contributed by atoms with E-state index in [-0.39, 0.29) is 34.9 Å². The summed E-state index contributed by atoms with van der Waals surface area (Å²) in [6.07, 6.45) is 3.94. The Labute approximate surface area is 137 Å². The fourth-order valence-corrected chi connectivity index (χ4v) is 4.76. The molecule has 4 heteroatoms. The summed E-state index contributed by atoms with van der Waals surface area (Å²) in [6.45, 7) is 4.02. The first-order valence-electron chi connectivity index (χ1n) is 8.55. The molecule has 0 aromatic heterocycles. The summed E-state index contributed by atoms with van der Waals surface area (Å²) in [6, 6.07) is 3.28. The van der Waals surface area contributed by atoms with Gasteiger partial charge in [-0.05, 0) is 62.0 Å². The lowest BCUT2D eigenvalue weighted by Gasteiger charge is -2.42. The zero-order valence-electron chi connectivity index (χ0n) is 13.9. The molecule has 0 spiro atoms. The lowest BCUT2D eigenvalue weighted by atomic mass is 9.62. The van der Waals surface area contributed by atoms with Gasteiger partial charge in [0, 0.05) is 17.9 Å². The topological polar surface area (TPSA) is 77.8 Å². The van der Waals surface area contributed by atoms with Gasteiger partial charge in [0.2, 0.25) is 0 Å². The molecule has 0 amide bonds. The number of hydrogen-bond acceptors (Lipinski definition) is 4. The highest BCUT2D eigenvalue weighted by Crippen LogP contribution is 2.54. The van der Waals surface area contributed by atoms with Crippen molar-refractivity contribution >= 4 is 5.78 Å². The molecule has 1 aromatic rings. The van der Waals surface area contributed by atoms with E-state index < -0.39 is 0 Å². The molecular formula is C19H26O4. The summed E-state index contributed by atoms with van der Waals surface area (Å²) < 4.78 is 0. The van der Waals surface area contributed by atoms with Crippen LogP contribution in [0.5, 0.6) is 11.5 Å². The van der Waals surface area contributed by atoms with Crippen LogP contribution in [-0.4, -0.2) is 27.2 Å². The molecule has 0 aliphatic heterocycles. The first kappa shape index (κ1) is 16.3. The maximum atomic E-state index is 12.5. The zero-order valence-corrected chi connectivity index (χ0v) is 13.9. The first-order chi connectivity index (χ1) is 10.8. The van der Waals surface area contributed by atoms with E-state index in [0.29, 0.717) is 25.0 Å². The van der Waals surface area contributed by atoms with E-state index in [1.165, 1.54) is 6.07 Å². The number of aliphatic hydroxyl groups excluding tert-OH is 1. The number of aromatic hydroxyl groups is 2. The van der Waals surface area contributed by atoms with Crippen LogP contribution < -0.4 is 0 Å². The van der Waals surface area contributed by atoms with E-state index in [0.717, 1.165) is 30.4 Å².